The van der Waals surface area contributed by atoms with Gasteiger partial charge in [0.25, 0.3) is 5.91 Å². The average Bonchev–Trinajstić information content (AvgIpc) is 2.73. The summed E-state index contributed by atoms with van der Waals surface area (Å²) in [6.45, 7) is 0.0370. The fourth-order valence-corrected chi connectivity index (χ4v) is 2.51. The van der Waals surface area contributed by atoms with Gasteiger partial charge in [-0.15, -0.1) is 0 Å². The highest BCUT2D eigenvalue weighted by Crippen LogP contribution is 2.18. The Morgan fingerprint density at radius 3 is 2.44 bits per heavy atom. The highest BCUT2D eigenvalue weighted by atomic mass is 16.5. The van der Waals surface area contributed by atoms with Gasteiger partial charge in [-0.1, -0.05) is 42.5 Å². The molecular formula is C22H16N2O3. The van der Waals surface area contributed by atoms with Crippen LogP contribution in [0.15, 0.2) is 78.9 Å². The van der Waals surface area contributed by atoms with Crippen LogP contribution in [0.5, 0.6) is 0 Å². The predicted octanol–water partition coefficient (Wildman–Crippen LogP) is 4.17. The number of ether oxygens (including phenoxy) is 1. The van der Waals surface area contributed by atoms with E-state index in [1.54, 1.807) is 72.8 Å². The van der Waals surface area contributed by atoms with Gasteiger partial charge < -0.3 is 10.1 Å². The molecule has 0 fully saturated rings. The van der Waals surface area contributed by atoms with Gasteiger partial charge in [0.2, 0.25) is 0 Å². The lowest BCUT2D eigenvalue weighted by atomic mass is 10.1. The van der Waals surface area contributed by atoms with E-state index in [0.29, 0.717) is 22.4 Å². The van der Waals surface area contributed by atoms with Gasteiger partial charge in [-0.25, -0.2) is 4.79 Å². The van der Waals surface area contributed by atoms with Crippen LogP contribution in [-0.2, 0) is 11.3 Å². The number of esters is 1. The molecule has 3 aromatic carbocycles. The molecule has 3 aromatic rings. The summed E-state index contributed by atoms with van der Waals surface area (Å²) in [4.78, 5) is 24.8. The number of carbonyl (C=O) groups is 2. The second kappa shape index (κ2) is 8.45. The van der Waals surface area contributed by atoms with Crippen molar-refractivity contribution in [1.82, 2.24) is 0 Å². The van der Waals surface area contributed by atoms with Crippen LogP contribution in [0.2, 0.25) is 0 Å². The van der Waals surface area contributed by atoms with Crippen molar-refractivity contribution in [1.29, 1.82) is 5.26 Å². The van der Waals surface area contributed by atoms with E-state index < -0.39 is 5.97 Å². The Morgan fingerprint density at radius 2 is 1.67 bits per heavy atom. The fraction of sp³-hybridized carbons (Fsp3) is 0.0455. The second-order valence-corrected chi connectivity index (χ2v) is 5.75. The number of nitrogens with zero attached hydrogens (tertiary/aromatic N) is 1. The number of amides is 1. The highest BCUT2D eigenvalue weighted by molar-refractivity contribution is 6.07. The first-order valence-corrected chi connectivity index (χ1v) is 8.29. The largest absolute Gasteiger partial charge is 0.457 e. The summed E-state index contributed by atoms with van der Waals surface area (Å²) in [7, 11) is 0. The third-order valence-corrected chi connectivity index (χ3v) is 3.86. The number of nitriles is 1. The van der Waals surface area contributed by atoms with Crippen LogP contribution in [-0.4, -0.2) is 11.9 Å². The number of hydrogen-bond acceptors (Lipinski definition) is 4. The summed E-state index contributed by atoms with van der Waals surface area (Å²) in [6.07, 6.45) is 0. The summed E-state index contributed by atoms with van der Waals surface area (Å²) in [5.74, 6) is -0.862. The van der Waals surface area contributed by atoms with Crippen LogP contribution in [0.3, 0.4) is 0 Å². The summed E-state index contributed by atoms with van der Waals surface area (Å²) in [5, 5.41) is 11.7. The van der Waals surface area contributed by atoms with Crippen molar-refractivity contribution in [2.45, 2.75) is 6.61 Å². The van der Waals surface area contributed by atoms with Crippen LogP contribution in [0.1, 0.15) is 31.8 Å². The Kier molecular flexibility index (Phi) is 5.60. The van der Waals surface area contributed by atoms with Crippen LogP contribution >= 0.6 is 0 Å². The molecule has 0 aromatic heterocycles. The third kappa shape index (κ3) is 4.59. The van der Waals surface area contributed by atoms with Gasteiger partial charge in [0.1, 0.15) is 6.61 Å². The van der Waals surface area contributed by atoms with Gasteiger partial charge in [-0.2, -0.15) is 5.26 Å². The summed E-state index contributed by atoms with van der Waals surface area (Å²) in [6, 6.07) is 24.3. The van der Waals surface area contributed by atoms with E-state index in [9.17, 15) is 9.59 Å². The minimum Gasteiger partial charge on any atom is -0.457 e. The maximum atomic E-state index is 12.5. The molecule has 5 nitrogen and oxygen atoms in total. The molecular weight excluding hydrogens is 340 g/mol. The Balaban J connectivity index is 1.72. The topological polar surface area (TPSA) is 79.2 Å². The molecule has 1 amide bonds. The van der Waals surface area contributed by atoms with Gasteiger partial charge in [0.15, 0.2) is 0 Å². The number of nitrogens with one attached hydrogen (secondary N) is 1. The van der Waals surface area contributed by atoms with Gasteiger partial charge in [0, 0.05) is 5.56 Å². The van der Waals surface area contributed by atoms with Crippen molar-refractivity contribution in [2.75, 3.05) is 5.32 Å². The Morgan fingerprint density at radius 1 is 0.926 bits per heavy atom. The van der Waals surface area contributed by atoms with E-state index in [1.807, 2.05) is 12.1 Å². The zero-order valence-corrected chi connectivity index (χ0v) is 14.4. The van der Waals surface area contributed by atoms with Crippen molar-refractivity contribution in [3.8, 4) is 6.07 Å². The first-order valence-electron chi connectivity index (χ1n) is 8.29. The number of para-hydroxylation sites is 1. The Hall–Kier alpha value is -3.91. The van der Waals surface area contributed by atoms with Crippen molar-refractivity contribution in [3.05, 3.63) is 101 Å². The minimum atomic E-state index is -0.554. The van der Waals surface area contributed by atoms with Crippen LogP contribution < -0.4 is 5.32 Å². The lowest BCUT2D eigenvalue weighted by Gasteiger charge is -2.11. The zero-order valence-electron chi connectivity index (χ0n) is 14.4. The normalized spacial score (nSPS) is 9.89. The lowest BCUT2D eigenvalue weighted by Crippen LogP contribution is -2.15. The van der Waals surface area contributed by atoms with Gasteiger partial charge in [0.05, 0.1) is 22.9 Å². The maximum absolute atomic E-state index is 12.5. The van der Waals surface area contributed by atoms with E-state index in [4.69, 9.17) is 10.00 Å². The molecule has 27 heavy (non-hydrogen) atoms. The number of rotatable bonds is 5. The molecule has 132 valence electrons. The molecule has 0 bridgehead atoms. The first-order chi connectivity index (χ1) is 13.2. The Bertz CT molecular complexity index is 1010. The van der Waals surface area contributed by atoms with Crippen molar-refractivity contribution in [3.63, 3.8) is 0 Å². The molecule has 0 radical (unpaired) electrons. The second-order valence-electron chi connectivity index (χ2n) is 5.75. The maximum Gasteiger partial charge on any atom is 0.340 e. The minimum absolute atomic E-state index is 0.0370. The lowest BCUT2D eigenvalue weighted by molar-refractivity contribution is 0.0474. The highest BCUT2D eigenvalue weighted by Gasteiger charge is 2.15. The van der Waals surface area contributed by atoms with E-state index in [0.717, 1.165) is 0 Å². The number of hydrogen-bond donors (Lipinski definition) is 1. The molecule has 0 atom stereocenters. The first kappa shape index (κ1) is 17.9. The molecule has 5 heteroatoms. The Labute approximate surface area is 156 Å². The van der Waals surface area contributed by atoms with Crippen molar-refractivity contribution in [2.24, 2.45) is 0 Å². The van der Waals surface area contributed by atoms with Crippen LogP contribution in [0, 0.1) is 11.3 Å². The summed E-state index contributed by atoms with van der Waals surface area (Å²) < 4.78 is 5.34. The molecule has 0 aliphatic carbocycles. The smallest absolute Gasteiger partial charge is 0.340 e. The molecule has 0 aliphatic rings. The van der Waals surface area contributed by atoms with E-state index in [2.05, 4.69) is 5.32 Å². The average molecular weight is 356 g/mol. The summed E-state index contributed by atoms with van der Waals surface area (Å²) in [5.41, 5.74) is 2.35. The van der Waals surface area contributed by atoms with E-state index >= 15 is 0 Å². The molecule has 0 aliphatic heterocycles. The van der Waals surface area contributed by atoms with Gasteiger partial charge in [-0.3, -0.25) is 4.79 Å². The SMILES string of the molecule is N#Cc1cccc(COC(=O)c2ccccc2NC(=O)c2ccccc2)c1. The third-order valence-electron chi connectivity index (χ3n) is 3.86. The van der Waals surface area contributed by atoms with E-state index in [-0.39, 0.29) is 18.1 Å². The fourth-order valence-electron chi connectivity index (χ4n) is 2.51. The van der Waals surface area contributed by atoms with Crippen molar-refractivity contribution < 1.29 is 14.3 Å². The molecule has 1 N–H and O–H groups in total. The molecule has 3 rings (SSSR count). The standard InChI is InChI=1S/C22H16N2O3/c23-14-16-7-6-8-17(13-16)15-27-22(26)19-11-4-5-12-20(19)24-21(25)18-9-2-1-3-10-18/h1-13H,15H2,(H,24,25). The molecule has 0 saturated heterocycles. The molecule has 0 heterocycles. The number of carbonyl (C=O) groups excluding carboxylic acids is 2. The molecule has 0 spiro atoms. The monoisotopic (exact) mass is 356 g/mol. The quantitative estimate of drug-likeness (QED) is 0.696. The predicted molar refractivity (Wildman–Crippen MR) is 101 cm³/mol. The van der Waals surface area contributed by atoms with Crippen LogP contribution in [0.25, 0.3) is 0 Å². The molecule has 0 unspecified atom stereocenters. The van der Waals surface area contributed by atoms with Gasteiger partial charge >= 0.3 is 5.97 Å². The zero-order chi connectivity index (χ0) is 19.1. The molecule has 0 saturated carbocycles. The van der Waals surface area contributed by atoms with Crippen molar-refractivity contribution >= 4 is 17.6 Å². The number of anilines is 1. The van der Waals surface area contributed by atoms with Crippen LogP contribution in [0.4, 0.5) is 5.69 Å². The van der Waals surface area contributed by atoms with E-state index in [1.165, 1.54) is 0 Å². The number of benzene rings is 3. The summed E-state index contributed by atoms with van der Waals surface area (Å²) >= 11 is 0. The van der Waals surface area contributed by atoms with Gasteiger partial charge in [-0.05, 0) is 42.0 Å².